The van der Waals surface area contributed by atoms with Crippen molar-refractivity contribution in [3.63, 3.8) is 0 Å². The number of phenols is 1. The maximum atomic E-state index is 13.8. The normalized spacial score (nSPS) is 11.1. The molecule has 0 atom stereocenters. The molecule has 35 heavy (non-hydrogen) atoms. The summed E-state index contributed by atoms with van der Waals surface area (Å²) in [5, 5.41) is 21.5. The SMILES string of the molecule is O=c1c(-c2ccc(O)cc2)cn(Nc2ccn[nH]2)c2c(-c3ccccc3)c(-c3ccccc3)nn12. The smallest absolute Gasteiger partial charge is 0.282 e. The molecule has 3 N–H and O–H groups in total. The van der Waals surface area contributed by atoms with E-state index in [0.717, 1.165) is 16.7 Å². The van der Waals surface area contributed by atoms with E-state index in [1.54, 1.807) is 47.4 Å². The van der Waals surface area contributed by atoms with Crippen molar-refractivity contribution >= 4 is 11.5 Å². The standard InChI is InChI=1S/C27H20N6O2/c34-21-13-11-18(12-14-21)22-17-32(30-23-15-16-28-29-23)26-24(19-7-3-1-4-8-19)25(31-33(26)27(22)35)20-9-5-2-6-10-20/h1-17,34H,(H2,28,29,30). The first kappa shape index (κ1) is 20.5. The van der Waals surface area contributed by atoms with Gasteiger partial charge in [0.05, 0.1) is 17.3 Å². The summed E-state index contributed by atoms with van der Waals surface area (Å²) in [4.78, 5) is 13.8. The number of hydrogen-bond acceptors (Lipinski definition) is 5. The summed E-state index contributed by atoms with van der Waals surface area (Å²) in [5.74, 6) is 0.774. The fourth-order valence-corrected chi connectivity index (χ4v) is 4.17. The average Bonchev–Trinajstić information content (AvgIpc) is 3.56. The predicted molar refractivity (Wildman–Crippen MR) is 135 cm³/mol. The van der Waals surface area contributed by atoms with Crippen molar-refractivity contribution in [3.8, 4) is 39.3 Å². The summed E-state index contributed by atoms with van der Waals surface area (Å²) in [6.45, 7) is 0. The summed E-state index contributed by atoms with van der Waals surface area (Å²) < 4.78 is 3.20. The van der Waals surface area contributed by atoms with E-state index in [-0.39, 0.29) is 11.3 Å². The molecule has 0 fully saturated rings. The third-order valence-electron chi connectivity index (χ3n) is 5.80. The number of H-pyrrole nitrogens is 1. The third kappa shape index (κ3) is 3.63. The lowest BCUT2D eigenvalue weighted by Crippen LogP contribution is -2.24. The number of anilines is 1. The van der Waals surface area contributed by atoms with E-state index in [1.165, 1.54) is 4.52 Å². The molecule has 0 saturated carbocycles. The van der Waals surface area contributed by atoms with Gasteiger partial charge in [0.15, 0.2) is 5.65 Å². The molecule has 0 unspecified atom stereocenters. The lowest BCUT2D eigenvalue weighted by molar-refractivity contribution is 0.475. The molecule has 0 spiro atoms. The average molecular weight is 460 g/mol. The van der Waals surface area contributed by atoms with Crippen LogP contribution >= 0.6 is 0 Å². The molecule has 6 aromatic rings. The highest BCUT2D eigenvalue weighted by Crippen LogP contribution is 2.35. The lowest BCUT2D eigenvalue weighted by Gasteiger charge is -2.14. The first-order valence-electron chi connectivity index (χ1n) is 11.0. The van der Waals surface area contributed by atoms with Crippen molar-refractivity contribution < 1.29 is 5.11 Å². The van der Waals surface area contributed by atoms with Gasteiger partial charge >= 0.3 is 0 Å². The van der Waals surface area contributed by atoms with Crippen LogP contribution in [0.15, 0.2) is 108 Å². The number of hydrogen-bond donors (Lipinski definition) is 3. The number of aromatic amines is 1. The number of phenolic OH excluding ortho intramolecular Hbond substituents is 1. The molecule has 8 heteroatoms. The molecule has 0 aliphatic heterocycles. The number of rotatable bonds is 5. The highest BCUT2D eigenvalue weighted by Gasteiger charge is 2.22. The minimum absolute atomic E-state index is 0.127. The van der Waals surface area contributed by atoms with Crippen LogP contribution in [-0.4, -0.2) is 29.6 Å². The van der Waals surface area contributed by atoms with E-state index in [4.69, 9.17) is 5.10 Å². The Labute approximate surface area is 199 Å². The van der Waals surface area contributed by atoms with Crippen LogP contribution in [0.25, 0.3) is 39.2 Å². The summed E-state index contributed by atoms with van der Waals surface area (Å²) in [6.07, 6.45) is 3.39. The number of nitrogens with one attached hydrogen (secondary N) is 2. The number of fused-ring (bicyclic) bond motifs is 1. The number of nitrogens with zero attached hydrogens (tertiary/aromatic N) is 4. The van der Waals surface area contributed by atoms with Gasteiger partial charge in [-0.2, -0.15) is 14.7 Å². The second-order valence-corrected chi connectivity index (χ2v) is 8.04. The first-order valence-corrected chi connectivity index (χ1v) is 11.0. The second-order valence-electron chi connectivity index (χ2n) is 8.04. The van der Waals surface area contributed by atoms with Gasteiger partial charge in [-0.1, -0.05) is 72.8 Å². The molecule has 0 aliphatic carbocycles. The van der Waals surface area contributed by atoms with Crippen LogP contribution in [0.1, 0.15) is 0 Å². The maximum Gasteiger partial charge on any atom is 0.282 e. The van der Waals surface area contributed by atoms with E-state index < -0.39 is 0 Å². The Hall–Kier alpha value is -5.11. The Bertz CT molecular complexity index is 1670. The van der Waals surface area contributed by atoms with Crippen molar-refractivity contribution in [2.45, 2.75) is 0 Å². The molecule has 3 aromatic carbocycles. The van der Waals surface area contributed by atoms with Gasteiger partial charge in [0, 0.05) is 17.8 Å². The van der Waals surface area contributed by atoms with Crippen LogP contribution < -0.4 is 11.0 Å². The van der Waals surface area contributed by atoms with Gasteiger partial charge in [-0.3, -0.25) is 15.3 Å². The molecule has 0 radical (unpaired) electrons. The molecule has 0 amide bonds. The van der Waals surface area contributed by atoms with Crippen LogP contribution in [0, 0.1) is 0 Å². The second kappa shape index (κ2) is 8.35. The Morgan fingerprint density at radius 1 is 0.800 bits per heavy atom. The maximum absolute atomic E-state index is 13.8. The molecule has 0 bridgehead atoms. The summed E-state index contributed by atoms with van der Waals surface area (Å²) in [7, 11) is 0. The summed E-state index contributed by atoms with van der Waals surface area (Å²) in [6, 6.07) is 28.0. The van der Waals surface area contributed by atoms with Crippen LogP contribution in [0.5, 0.6) is 5.75 Å². The van der Waals surface area contributed by atoms with E-state index in [1.807, 2.05) is 60.7 Å². The van der Waals surface area contributed by atoms with Crippen molar-refractivity contribution in [1.82, 2.24) is 24.5 Å². The van der Waals surface area contributed by atoms with Crippen molar-refractivity contribution in [3.05, 3.63) is 114 Å². The molecule has 0 aliphatic rings. The van der Waals surface area contributed by atoms with E-state index in [9.17, 15) is 9.90 Å². The Balaban J connectivity index is 1.72. The minimum atomic E-state index is -0.271. The number of aromatic nitrogens is 5. The zero-order chi connectivity index (χ0) is 23.8. The fraction of sp³-hybridized carbons (Fsp3) is 0. The highest BCUT2D eigenvalue weighted by atomic mass is 16.3. The van der Waals surface area contributed by atoms with Gasteiger partial charge in [0.2, 0.25) is 0 Å². The highest BCUT2D eigenvalue weighted by molar-refractivity contribution is 5.91. The van der Waals surface area contributed by atoms with Gasteiger partial charge in [-0.15, -0.1) is 0 Å². The van der Waals surface area contributed by atoms with Gasteiger partial charge in [-0.25, -0.2) is 4.68 Å². The largest absolute Gasteiger partial charge is 0.508 e. The molecule has 8 nitrogen and oxygen atoms in total. The van der Waals surface area contributed by atoms with E-state index >= 15 is 0 Å². The monoisotopic (exact) mass is 460 g/mol. The van der Waals surface area contributed by atoms with Crippen LogP contribution in [0.3, 0.4) is 0 Å². The Kier molecular flexibility index (Phi) is 4.89. The van der Waals surface area contributed by atoms with Crippen LogP contribution in [0.2, 0.25) is 0 Å². The quantitative estimate of drug-likeness (QED) is 0.343. The Morgan fingerprint density at radius 3 is 2.14 bits per heavy atom. The van der Waals surface area contributed by atoms with Crippen molar-refractivity contribution in [2.24, 2.45) is 0 Å². The first-order chi connectivity index (χ1) is 17.2. The summed E-state index contributed by atoms with van der Waals surface area (Å²) in [5.41, 5.74) is 8.03. The van der Waals surface area contributed by atoms with Crippen molar-refractivity contribution in [1.29, 1.82) is 0 Å². The zero-order valence-corrected chi connectivity index (χ0v) is 18.5. The van der Waals surface area contributed by atoms with Gasteiger partial charge in [0.1, 0.15) is 17.3 Å². The van der Waals surface area contributed by atoms with E-state index in [2.05, 4.69) is 15.6 Å². The van der Waals surface area contributed by atoms with Gasteiger partial charge < -0.3 is 5.11 Å². The molecular weight excluding hydrogens is 440 g/mol. The van der Waals surface area contributed by atoms with Gasteiger partial charge in [-0.05, 0) is 23.3 Å². The topological polar surface area (TPSA) is 100 Å². The number of aromatic hydroxyl groups is 1. The molecule has 170 valence electrons. The molecule has 3 aromatic heterocycles. The molecule has 6 rings (SSSR count). The fourth-order valence-electron chi connectivity index (χ4n) is 4.17. The molecule has 0 saturated heterocycles. The van der Waals surface area contributed by atoms with E-state index in [0.29, 0.717) is 28.3 Å². The Morgan fingerprint density at radius 2 is 1.49 bits per heavy atom. The van der Waals surface area contributed by atoms with Crippen molar-refractivity contribution in [2.75, 3.05) is 5.43 Å². The van der Waals surface area contributed by atoms with Crippen LogP contribution in [0.4, 0.5) is 5.82 Å². The summed E-state index contributed by atoms with van der Waals surface area (Å²) >= 11 is 0. The predicted octanol–water partition coefficient (Wildman–Crippen LogP) is 4.80. The molecular formula is C27H20N6O2. The number of benzene rings is 3. The zero-order valence-electron chi connectivity index (χ0n) is 18.5. The third-order valence-corrected chi connectivity index (χ3v) is 5.80. The van der Waals surface area contributed by atoms with Crippen LogP contribution in [-0.2, 0) is 0 Å². The van der Waals surface area contributed by atoms with Gasteiger partial charge in [0.25, 0.3) is 5.56 Å². The molecule has 3 heterocycles. The minimum Gasteiger partial charge on any atom is -0.508 e. The lowest BCUT2D eigenvalue weighted by atomic mass is 10.0.